The molecule has 5 heteroatoms. The average molecular weight is 352 g/mol. The Balaban J connectivity index is 4.55. The van der Waals surface area contributed by atoms with Crippen LogP contribution < -0.4 is 0 Å². The van der Waals surface area contributed by atoms with E-state index in [4.69, 9.17) is 5.11 Å². The maximum atomic E-state index is 11.8. The van der Waals surface area contributed by atoms with E-state index in [9.17, 15) is 19.5 Å². The van der Waals surface area contributed by atoms with Gasteiger partial charge in [-0.2, -0.15) is 0 Å². The smallest absolute Gasteiger partial charge is 0.303 e. The molecule has 0 saturated heterocycles. The van der Waals surface area contributed by atoms with Gasteiger partial charge in [0, 0.05) is 18.3 Å². The number of aliphatic hydroxyl groups is 1. The van der Waals surface area contributed by atoms with Crippen LogP contribution in [-0.2, 0) is 14.4 Å². The summed E-state index contributed by atoms with van der Waals surface area (Å²) in [5.41, 5.74) is 0. The van der Waals surface area contributed by atoms with Crippen molar-refractivity contribution in [1.29, 1.82) is 0 Å². The molecule has 3 atom stereocenters. The molecule has 0 heterocycles. The van der Waals surface area contributed by atoms with Gasteiger partial charge in [-0.25, -0.2) is 0 Å². The third-order valence-corrected chi connectivity index (χ3v) is 4.09. The zero-order valence-electron chi connectivity index (χ0n) is 15.4. The molecule has 0 radical (unpaired) electrons. The first kappa shape index (κ1) is 23.2. The molecular weight excluding hydrogens is 320 g/mol. The number of carboxylic acids is 1. The van der Waals surface area contributed by atoms with Crippen LogP contribution in [0, 0.1) is 11.8 Å². The lowest BCUT2D eigenvalue weighted by molar-refractivity contribution is -0.137. The van der Waals surface area contributed by atoms with Crippen molar-refractivity contribution in [1.82, 2.24) is 0 Å². The van der Waals surface area contributed by atoms with Gasteiger partial charge in [-0.05, 0) is 39.0 Å². The number of rotatable bonds is 15. The van der Waals surface area contributed by atoms with Gasteiger partial charge < -0.3 is 15.0 Å². The largest absolute Gasteiger partial charge is 0.481 e. The van der Waals surface area contributed by atoms with Gasteiger partial charge in [0.15, 0.2) is 0 Å². The molecule has 0 saturated carbocycles. The summed E-state index contributed by atoms with van der Waals surface area (Å²) in [6.07, 6.45) is 12.7. The number of unbranched alkanes of at least 4 members (excludes halogenated alkanes) is 3. The fourth-order valence-corrected chi connectivity index (χ4v) is 2.56. The van der Waals surface area contributed by atoms with Gasteiger partial charge in [0.1, 0.15) is 12.1 Å². The number of allylic oxidation sites excluding steroid dienone is 3. The summed E-state index contributed by atoms with van der Waals surface area (Å²) >= 11 is 0. The van der Waals surface area contributed by atoms with E-state index in [1.54, 1.807) is 6.08 Å². The van der Waals surface area contributed by atoms with E-state index in [0.717, 1.165) is 25.5 Å². The molecule has 0 amide bonds. The summed E-state index contributed by atoms with van der Waals surface area (Å²) in [5.74, 6) is -2.02. The Labute approximate surface area is 150 Å². The van der Waals surface area contributed by atoms with Gasteiger partial charge >= 0.3 is 5.97 Å². The quantitative estimate of drug-likeness (QED) is 0.266. The van der Waals surface area contributed by atoms with Gasteiger partial charge in [-0.1, -0.05) is 44.1 Å². The zero-order valence-corrected chi connectivity index (χ0v) is 15.4. The molecule has 0 rings (SSSR count). The van der Waals surface area contributed by atoms with Crippen molar-refractivity contribution in [3.8, 4) is 0 Å². The molecule has 25 heavy (non-hydrogen) atoms. The van der Waals surface area contributed by atoms with Crippen LogP contribution in [-0.4, -0.2) is 34.4 Å². The topological polar surface area (TPSA) is 91.7 Å². The predicted molar refractivity (Wildman–Crippen MR) is 98.3 cm³/mol. The van der Waals surface area contributed by atoms with Crippen LogP contribution in [0.5, 0.6) is 0 Å². The minimum absolute atomic E-state index is 0.000819. The molecule has 5 nitrogen and oxygen atoms in total. The highest BCUT2D eigenvalue weighted by atomic mass is 16.4. The van der Waals surface area contributed by atoms with Gasteiger partial charge in [0.2, 0.25) is 0 Å². The number of aldehydes is 1. The first-order valence-electron chi connectivity index (χ1n) is 9.11. The molecule has 142 valence electrons. The third-order valence-electron chi connectivity index (χ3n) is 4.09. The zero-order chi connectivity index (χ0) is 19.1. The first-order chi connectivity index (χ1) is 11.9. The summed E-state index contributed by atoms with van der Waals surface area (Å²) < 4.78 is 0. The molecule has 0 bridgehead atoms. The van der Waals surface area contributed by atoms with Crippen LogP contribution in [0.25, 0.3) is 0 Å². The highest BCUT2D eigenvalue weighted by Crippen LogP contribution is 2.19. The molecule has 0 fully saturated rings. The Bertz CT molecular complexity index is 453. The van der Waals surface area contributed by atoms with Gasteiger partial charge in [0.05, 0.1) is 6.10 Å². The van der Waals surface area contributed by atoms with Crippen molar-refractivity contribution in [2.24, 2.45) is 11.8 Å². The van der Waals surface area contributed by atoms with Crippen LogP contribution in [0.1, 0.15) is 65.2 Å². The van der Waals surface area contributed by atoms with E-state index in [1.165, 1.54) is 19.4 Å². The molecule has 0 aromatic heterocycles. The number of hydrogen-bond acceptors (Lipinski definition) is 4. The van der Waals surface area contributed by atoms with Crippen LogP contribution in [0.3, 0.4) is 0 Å². The lowest BCUT2D eigenvalue weighted by Crippen LogP contribution is -2.21. The lowest BCUT2D eigenvalue weighted by Gasteiger charge is -2.16. The number of carbonyl (C=O) groups excluding carboxylic acids is 2. The molecule has 0 unspecified atom stereocenters. The molecule has 0 aromatic rings. The maximum Gasteiger partial charge on any atom is 0.303 e. The fraction of sp³-hybridized carbons (Fsp3) is 0.650. The number of Topliss-reactive ketones (excluding diaryl/α,β-unsaturated/α-hetero) is 1. The lowest BCUT2D eigenvalue weighted by atomic mass is 9.86. The Kier molecular flexibility index (Phi) is 13.6. The molecule has 0 spiro atoms. The number of carbonyl (C=O) groups is 3. The van der Waals surface area contributed by atoms with Crippen LogP contribution in [0.15, 0.2) is 24.3 Å². The second-order valence-corrected chi connectivity index (χ2v) is 6.38. The Morgan fingerprint density at radius 2 is 1.80 bits per heavy atom. The SMILES string of the molecule is CCCCC/C=C\C[C@@H](C=O)[C@H](/C=C/[C@H](O)CCCC(=O)O)C(C)=O. The number of carboxylic acid groups (broad SMARTS) is 1. The van der Waals surface area contributed by atoms with E-state index in [0.29, 0.717) is 19.3 Å². The van der Waals surface area contributed by atoms with Crippen molar-refractivity contribution >= 4 is 18.0 Å². The highest BCUT2D eigenvalue weighted by molar-refractivity contribution is 5.83. The summed E-state index contributed by atoms with van der Waals surface area (Å²) in [5, 5.41) is 18.4. The molecule has 2 N–H and O–H groups in total. The Morgan fingerprint density at radius 3 is 2.36 bits per heavy atom. The number of hydrogen-bond donors (Lipinski definition) is 2. The van der Waals surface area contributed by atoms with Crippen LogP contribution >= 0.6 is 0 Å². The van der Waals surface area contributed by atoms with Crippen molar-refractivity contribution < 1.29 is 24.6 Å². The van der Waals surface area contributed by atoms with Crippen molar-refractivity contribution in [2.45, 2.75) is 71.3 Å². The number of aliphatic carboxylic acids is 1. The van der Waals surface area contributed by atoms with Crippen molar-refractivity contribution in [3.05, 3.63) is 24.3 Å². The molecule has 0 aliphatic rings. The highest BCUT2D eigenvalue weighted by Gasteiger charge is 2.22. The molecule has 0 aliphatic carbocycles. The number of aliphatic hydroxyl groups excluding tert-OH is 1. The standard InChI is InChI=1S/C20H32O5/c1-3-4-5-6-7-8-10-17(15-21)19(16(2)22)14-13-18(23)11-9-12-20(24)25/h7-8,13-15,17-19,23H,3-6,9-12H2,1-2H3,(H,24,25)/b8-7-,14-13+/t17-,18+,19+/m0/s1. The average Bonchev–Trinajstić information content (AvgIpc) is 2.55. The summed E-state index contributed by atoms with van der Waals surface area (Å²) in [4.78, 5) is 33.7. The van der Waals surface area contributed by atoms with Crippen LogP contribution in [0.2, 0.25) is 0 Å². The van der Waals surface area contributed by atoms with E-state index >= 15 is 0 Å². The van der Waals surface area contributed by atoms with E-state index < -0.39 is 23.9 Å². The Hall–Kier alpha value is -1.75. The molecule has 0 aliphatic heterocycles. The number of ketones is 1. The third kappa shape index (κ3) is 12.3. The second kappa shape index (κ2) is 14.6. The normalized spacial score (nSPS) is 15.3. The van der Waals surface area contributed by atoms with Gasteiger partial charge in [-0.15, -0.1) is 0 Å². The summed E-state index contributed by atoms with van der Waals surface area (Å²) in [7, 11) is 0. The van der Waals surface area contributed by atoms with E-state index in [2.05, 4.69) is 6.92 Å². The molecule has 0 aromatic carbocycles. The fourth-order valence-electron chi connectivity index (χ4n) is 2.56. The minimum atomic E-state index is -0.899. The second-order valence-electron chi connectivity index (χ2n) is 6.38. The van der Waals surface area contributed by atoms with E-state index in [1.807, 2.05) is 12.2 Å². The Morgan fingerprint density at radius 1 is 1.08 bits per heavy atom. The maximum absolute atomic E-state index is 11.8. The monoisotopic (exact) mass is 352 g/mol. The van der Waals surface area contributed by atoms with Gasteiger partial charge in [0.25, 0.3) is 0 Å². The predicted octanol–water partition coefficient (Wildman–Crippen LogP) is 3.71. The summed E-state index contributed by atoms with van der Waals surface area (Å²) in [6.45, 7) is 3.58. The first-order valence-corrected chi connectivity index (χ1v) is 9.11. The van der Waals surface area contributed by atoms with E-state index in [-0.39, 0.29) is 12.2 Å². The summed E-state index contributed by atoms with van der Waals surface area (Å²) in [6, 6.07) is 0. The van der Waals surface area contributed by atoms with Gasteiger partial charge in [-0.3, -0.25) is 9.59 Å². The van der Waals surface area contributed by atoms with Crippen LogP contribution in [0.4, 0.5) is 0 Å². The minimum Gasteiger partial charge on any atom is -0.481 e. The van der Waals surface area contributed by atoms with Crippen molar-refractivity contribution in [3.63, 3.8) is 0 Å². The molecular formula is C20H32O5. The van der Waals surface area contributed by atoms with Crippen molar-refractivity contribution in [2.75, 3.05) is 0 Å².